The lowest BCUT2D eigenvalue weighted by molar-refractivity contribution is -0.121. The van der Waals surface area contributed by atoms with Gasteiger partial charge in [0.1, 0.15) is 23.0 Å². The molecule has 0 saturated heterocycles. The van der Waals surface area contributed by atoms with Crippen LogP contribution in [0.5, 0.6) is 0 Å². The zero-order valence-corrected chi connectivity index (χ0v) is 17.7. The Morgan fingerprint density at radius 2 is 1.82 bits per heavy atom. The highest BCUT2D eigenvalue weighted by Gasteiger charge is 2.28. The van der Waals surface area contributed by atoms with Gasteiger partial charge < -0.3 is 21.1 Å². The average Bonchev–Trinajstić information content (AvgIpc) is 3.16. The molecule has 3 aromatic rings. The molecule has 2 heterocycles. The van der Waals surface area contributed by atoms with Crippen LogP contribution < -0.4 is 16.0 Å². The summed E-state index contributed by atoms with van der Waals surface area (Å²) in [5, 5.41) is 17.4. The van der Waals surface area contributed by atoms with Crippen LogP contribution >= 0.6 is 0 Å². The fourth-order valence-electron chi connectivity index (χ4n) is 3.44. The molecule has 10 heteroatoms. The van der Waals surface area contributed by atoms with Gasteiger partial charge >= 0.3 is 0 Å². The summed E-state index contributed by atoms with van der Waals surface area (Å²) in [6.07, 6.45) is 0.132. The fraction of sp³-hybridized carbons (Fsp3) is 0.217. The van der Waals surface area contributed by atoms with Crippen LogP contribution in [0, 0.1) is 11.6 Å². The van der Waals surface area contributed by atoms with Crippen LogP contribution in [0.25, 0.3) is 11.4 Å². The van der Waals surface area contributed by atoms with Gasteiger partial charge in [-0.05, 0) is 36.8 Å². The standard InChI is InChI=1S/C23H21F2N5O3/c1-12(11-31)27-18(32)9-13-5-7-14(8-6-13)28-22-20-17(10-26-23(20)33)29-21(30-22)19-15(24)3-2-4-16(19)25/h2-8,12,31H,9-11H2,1H3,(H,26,33)(H,27,32)(H,28,29,30). The SMILES string of the molecule is CC(CO)NC(=O)Cc1ccc(Nc2nc(-c3c(F)cccc3F)nc3c2C(=O)NC3)cc1. The molecule has 4 N–H and O–H groups in total. The number of aliphatic hydroxyl groups excluding tert-OH is 1. The van der Waals surface area contributed by atoms with Crippen LogP contribution in [0.1, 0.15) is 28.5 Å². The summed E-state index contributed by atoms with van der Waals surface area (Å²) in [5.41, 5.74) is 1.46. The number of carbonyl (C=O) groups excluding carboxylic acids is 2. The number of amides is 2. The molecule has 1 aliphatic rings. The van der Waals surface area contributed by atoms with Crippen molar-refractivity contribution in [1.29, 1.82) is 0 Å². The van der Waals surface area contributed by atoms with Crippen LogP contribution in [-0.4, -0.2) is 39.5 Å². The van der Waals surface area contributed by atoms with Crippen LogP contribution in [0.4, 0.5) is 20.3 Å². The number of anilines is 2. The number of nitrogens with zero attached hydrogens (tertiary/aromatic N) is 2. The first-order valence-electron chi connectivity index (χ1n) is 10.3. The molecule has 0 radical (unpaired) electrons. The maximum Gasteiger partial charge on any atom is 0.257 e. The van der Waals surface area contributed by atoms with E-state index in [-0.39, 0.29) is 60.2 Å². The van der Waals surface area contributed by atoms with Gasteiger partial charge in [-0.1, -0.05) is 18.2 Å². The zero-order chi connectivity index (χ0) is 23.5. The van der Waals surface area contributed by atoms with Crippen molar-refractivity contribution in [2.45, 2.75) is 25.9 Å². The highest BCUT2D eigenvalue weighted by Crippen LogP contribution is 2.30. The van der Waals surface area contributed by atoms with Crippen LogP contribution in [-0.2, 0) is 17.8 Å². The number of nitrogens with one attached hydrogen (secondary N) is 3. The number of benzene rings is 2. The van der Waals surface area contributed by atoms with Crippen molar-refractivity contribution in [3.05, 3.63) is 70.9 Å². The molecule has 4 rings (SSSR count). The van der Waals surface area contributed by atoms with Crippen molar-refractivity contribution >= 4 is 23.3 Å². The maximum atomic E-state index is 14.3. The molecule has 1 aliphatic heterocycles. The third kappa shape index (κ3) is 4.80. The molecule has 0 saturated carbocycles. The van der Waals surface area contributed by atoms with Crippen molar-refractivity contribution in [2.75, 3.05) is 11.9 Å². The number of aliphatic hydroxyl groups is 1. The van der Waals surface area contributed by atoms with E-state index in [4.69, 9.17) is 5.11 Å². The van der Waals surface area contributed by atoms with Gasteiger partial charge in [0.15, 0.2) is 5.82 Å². The van der Waals surface area contributed by atoms with Crippen LogP contribution in [0.3, 0.4) is 0 Å². The van der Waals surface area contributed by atoms with Crippen molar-refractivity contribution in [3.8, 4) is 11.4 Å². The predicted octanol–water partition coefficient (Wildman–Crippen LogP) is 2.45. The molecule has 2 amide bonds. The van der Waals surface area contributed by atoms with E-state index in [0.717, 1.165) is 17.7 Å². The summed E-state index contributed by atoms with van der Waals surface area (Å²) in [6, 6.07) is 9.99. The molecule has 0 spiro atoms. The van der Waals surface area contributed by atoms with Gasteiger partial charge in [0, 0.05) is 11.7 Å². The van der Waals surface area contributed by atoms with E-state index in [1.54, 1.807) is 31.2 Å². The number of halogens is 2. The number of hydrogen-bond acceptors (Lipinski definition) is 6. The largest absolute Gasteiger partial charge is 0.394 e. The van der Waals surface area contributed by atoms with E-state index in [2.05, 4.69) is 25.9 Å². The van der Waals surface area contributed by atoms with E-state index in [1.807, 2.05) is 0 Å². The average molecular weight is 453 g/mol. The smallest absolute Gasteiger partial charge is 0.257 e. The van der Waals surface area contributed by atoms with Crippen molar-refractivity contribution in [1.82, 2.24) is 20.6 Å². The van der Waals surface area contributed by atoms with Gasteiger partial charge in [0.25, 0.3) is 5.91 Å². The summed E-state index contributed by atoms with van der Waals surface area (Å²) < 4.78 is 28.6. The molecule has 8 nitrogen and oxygen atoms in total. The number of hydrogen-bond donors (Lipinski definition) is 4. The number of carbonyl (C=O) groups is 2. The van der Waals surface area contributed by atoms with E-state index in [0.29, 0.717) is 11.4 Å². The lowest BCUT2D eigenvalue weighted by Crippen LogP contribution is -2.35. The quantitative estimate of drug-likeness (QED) is 0.437. The van der Waals surface area contributed by atoms with Gasteiger partial charge in [-0.2, -0.15) is 0 Å². The highest BCUT2D eigenvalue weighted by atomic mass is 19.1. The topological polar surface area (TPSA) is 116 Å². The second kappa shape index (κ2) is 9.29. The van der Waals surface area contributed by atoms with Gasteiger partial charge in [0.2, 0.25) is 5.91 Å². The monoisotopic (exact) mass is 453 g/mol. The van der Waals surface area contributed by atoms with Gasteiger partial charge in [-0.25, -0.2) is 18.7 Å². The van der Waals surface area contributed by atoms with Crippen molar-refractivity contribution < 1.29 is 23.5 Å². The maximum absolute atomic E-state index is 14.3. The van der Waals surface area contributed by atoms with Gasteiger partial charge in [-0.3, -0.25) is 9.59 Å². The van der Waals surface area contributed by atoms with Crippen molar-refractivity contribution in [3.63, 3.8) is 0 Å². The number of rotatable bonds is 7. The molecular weight excluding hydrogens is 432 g/mol. The summed E-state index contributed by atoms with van der Waals surface area (Å²) >= 11 is 0. The van der Waals surface area contributed by atoms with Gasteiger partial charge in [0.05, 0.1) is 30.8 Å². The number of aromatic nitrogens is 2. The predicted molar refractivity (Wildman–Crippen MR) is 117 cm³/mol. The molecule has 0 aliphatic carbocycles. The minimum absolute atomic E-state index is 0.120. The Balaban J connectivity index is 1.61. The normalized spacial score (nSPS) is 13.3. The Labute approximate surface area is 188 Å². The first-order valence-corrected chi connectivity index (χ1v) is 10.3. The van der Waals surface area contributed by atoms with E-state index in [9.17, 15) is 18.4 Å². The number of fused-ring (bicyclic) bond motifs is 1. The lowest BCUT2D eigenvalue weighted by Gasteiger charge is -2.13. The Bertz CT molecular complexity index is 1200. The first-order chi connectivity index (χ1) is 15.9. The minimum Gasteiger partial charge on any atom is -0.394 e. The summed E-state index contributed by atoms with van der Waals surface area (Å²) in [5.74, 6) is -2.28. The Kier molecular flexibility index (Phi) is 6.27. The molecule has 1 aromatic heterocycles. The molecule has 1 unspecified atom stereocenters. The minimum atomic E-state index is -0.809. The highest BCUT2D eigenvalue weighted by molar-refractivity contribution is 6.03. The molecule has 0 fully saturated rings. The van der Waals surface area contributed by atoms with E-state index < -0.39 is 11.6 Å². The first kappa shape index (κ1) is 22.3. The molecular formula is C23H21F2N5O3. The molecule has 0 bridgehead atoms. The Hall–Kier alpha value is -3.92. The third-order valence-corrected chi connectivity index (χ3v) is 5.08. The zero-order valence-electron chi connectivity index (χ0n) is 17.7. The Morgan fingerprint density at radius 1 is 1.12 bits per heavy atom. The second-order valence-corrected chi connectivity index (χ2v) is 7.65. The molecule has 170 valence electrons. The van der Waals surface area contributed by atoms with Crippen molar-refractivity contribution in [2.24, 2.45) is 0 Å². The summed E-state index contributed by atoms with van der Waals surface area (Å²) in [7, 11) is 0. The fourth-order valence-corrected chi connectivity index (χ4v) is 3.44. The molecule has 33 heavy (non-hydrogen) atoms. The third-order valence-electron chi connectivity index (χ3n) is 5.08. The van der Waals surface area contributed by atoms with E-state index in [1.165, 1.54) is 6.07 Å². The van der Waals surface area contributed by atoms with Crippen LogP contribution in [0.2, 0.25) is 0 Å². The van der Waals surface area contributed by atoms with Crippen LogP contribution in [0.15, 0.2) is 42.5 Å². The molecule has 1 atom stereocenters. The Morgan fingerprint density at radius 3 is 2.48 bits per heavy atom. The van der Waals surface area contributed by atoms with Gasteiger partial charge in [-0.15, -0.1) is 0 Å². The van der Waals surface area contributed by atoms with E-state index >= 15 is 0 Å². The summed E-state index contributed by atoms with van der Waals surface area (Å²) in [4.78, 5) is 32.7. The second-order valence-electron chi connectivity index (χ2n) is 7.65. The summed E-state index contributed by atoms with van der Waals surface area (Å²) in [6.45, 7) is 1.67. The molecule has 2 aromatic carbocycles. The lowest BCUT2D eigenvalue weighted by atomic mass is 10.1.